The number of hydrogen-bond donors (Lipinski definition) is 4. The lowest BCUT2D eigenvalue weighted by molar-refractivity contribution is -0.152. The van der Waals surface area contributed by atoms with Crippen LogP contribution in [0.1, 0.15) is 36.8 Å². The Hall–Kier alpha value is -4.77. The molecule has 0 aliphatic carbocycles. The van der Waals surface area contributed by atoms with Crippen LogP contribution in [-0.4, -0.2) is 78.4 Å². The molecule has 0 aromatic heterocycles. The number of piperazine rings is 1. The van der Waals surface area contributed by atoms with E-state index in [0.29, 0.717) is 38.1 Å². The van der Waals surface area contributed by atoms with Gasteiger partial charge in [-0.15, -0.1) is 0 Å². The summed E-state index contributed by atoms with van der Waals surface area (Å²) in [4.78, 5) is 45.7. The van der Waals surface area contributed by atoms with Crippen molar-refractivity contribution in [1.29, 1.82) is 0 Å². The van der Waals surface area contributed by atoms with E-state index in [0.717, 1.165) is 53.6 Å². The molecule has 0 saturated carbocycles. The summed E-state index contributed by atoms with van der Waals surface area (Å²) in [5.41, 5.74) is 13.9. The van der Waals surface area contributed by atoms with Crippen LogP contribution in [0.25, 0.3) is 10.8 Å². The molecular weight excluding hydrogens is 628 g/mol. The number of para-hydroxylation sites is 1. The number of fused-ring (bicyclic) bond motifs is 1. The van der Waals surface area contributed by atoms with Gasteiger partial charge in [-0.25, -0.2) is 0 Å². The highest BCUT2D eigenvalue weighted by Crippen LogP contribution is 2.25. The zero-order valence-corrected chi connectivity index (χ0v) is 28.5. The second kappa shape index (κ2) is 16.8. The second-order valence-electron chi connectivity index (χ2n) is 13.5. The van der Waals surface area contributed by atoms with Crippen LogP contribution in [0, 0.1) is 5.92 Å². The number of nitrogens with one attached hydrogen (secondary N) is 2. The Kier molecular flexibility index (Phi) is 11.8. The molecule has 0 unspecified atom stereocenters. The van der Waals surface area contributed by atoms with Crippen LogP contribution in [0.3, 0.4) is 0 Å². The molecule has 0 bridgehead atoms. The highest BCUT2D eigenvalue weighted by Gasteiger charge is 2.42. The van der Waals surface area contributed by atoms with Crippen LogP contribution in [0.5, 0.6) is 11.5 Å². The summed E-state index contributed by atoms with van der Waals surface area (Å²) in [6.45, 7) is 2.94. The summed E-state index contributed by atoms with van der Waals surface area (Å²) in [5.74, 6) is 0.988. The van der Waals surface area contributed by atoms with Crippen LogP contribution < -0.4 is 26.8 Å². The second-order valence-corrected chi connectivity index (χ2v) is 13.5. The van der Waals surface area contributed by atoms with Crippen molar-refractivity contribution in [2.45, 2.75) is 56.8 Å². The molecule has 3 atom stereocenters. The van der Waals surface area contributed by atoms with E-state index in [1.807, 2.05) is 91.0 Å². The maximum absolute atomic E-state index is 14.4. The SMILES string of the molecule is NCCC[C@@H](N)C(=O)N(CC1CCNCC1)C[C@H]1C(=O)N[C@@H](Cc2ccc3ccccc3c2)C(=O)N1Cc1ccc(Oc2ccccc2)cc1. The minimum Gasteiger partial charge on any atom is -0.457 e. The number of nitrogens with zero attached hydrogens (tertiary/aromatic N) is 2. The Bertz CT molecular complexity index is 1740. The largest absolute Gasteiger partial charge is 0.457 e. The molecule has 3 amide bonds. The molecular formula is C40H48N6O4. The number of piperidine rings is 1. The fourth-order valence-electron chi connectivity index (χ4n) is 6.95. The van der Waals surface area contributed by atoms with E-state index in [2.05, 4.69) is 16.7 Å². The summed E-state index contributed by atoms with van der Waals surface area (Å²) >= 11 is 0. The minimum absolute atomic E-state index is 0.0640. The molecule has 2 aliphatic heterocycles. The van der Waals surface area contributed by atoms with Gasteiger partial charge in [-0.2, -0.15) is 0 Å². The van der Waals surface area contributed by atoms with Crippen molar-refractivity contribution in [1.82, 2.24) is 20.4 Å². The maximum atomic E-state index is 14.4. The topological polar surface area (TPSA) is 143 Å². The predicted octanol–water partition coefficient (Wildman–Crippen LogP) is 3.96. The number of benzene rings is 4. The first-order valence-electron chi connectivity index (χ1n) is 17.7. The molecule has 6 N–H and O–H groups in total. The van der Waals surface area contributed by atoms with E-state index >= 15 is 0 Å². The molecule has 50 heavy (non-hydrogen) atoms. The molecule has 10 heteroatoms. The molecule has 2 fully saturated rings. The van der Waals surface area contributed by atoms with Crippen LogP contribution in [0.15, 0.2) is 97.1 Å². The monoisotopic (exact) mass is 676 g/mol. The molecule has 4 aromatic rings. The first kappa shape index (κ1) is 35.1. The predicted molar refractivity (Wildman–Crippen MR) is 195 cm³/mol. The zero-order valence-electron chi connectivity index (χ0n) is 28.5. The van der Waals surface area contributed by atoms with Gasteiger partial charge in [0.2, 0.25) is 17.7 Å². The fourth-order valence-corrected chi connectivity index (χ4v) is 6.95. The van der Waals surface area contributed by atoms with Crippen molar-refractivity contribution in [2.24, 2.45) is 17.4 Å². The Balaban J connectivity index is 1.26. The average Bonchev–Trinajstić information content (AvgIpc) is 3.14. The normalized spacial score (nSPS) is 18.9. The molecule has 2 aliphatic rings. The van der Waals surface area contributed by atoms with Crippen molar-refractivity contribution in [3.63, 3.8) is 0 Å². The smallest absolute Gasteiger partial charge is 0.246 e. The lowest BCUT2D eigenvalue weighted by Crippen LogP contribution is -2.66. The lowest BCUT2D eigenvalue weighted by Gasteiger charge is -2.42. The number of amides is 3. The summed E-state index contributed by atoms with van der Waals surface area (Å²) in [5, 5.41) is 8.60. The first-order chi connectivity index (χ1) is 24.4. The summed E-state index contributed by atoms with van der Waals surface area (Å²) < 4.78 is 5.99. The Labute approximate surface area is 294 Å². The van der Waals surface area contributed by atoms with Gasteiger partial charge in [-0.05, 0) is 97.4 Å². The number of carbonyl (C=O) groups is 3. The number of carbonyl (C=O) groups excluding carboxylic acids is 3. The standard InChI is InChI=1S/C40H48N6O4/c41-20-6-11-35(42)39(48)45(25-29-18-21-43-22-19-29)27-37-38(47)44-36(24-30-12-15-31-7-4-5-8-32(31)23-30)40(49)46(37)26-28-13-16-34(17-14-28)50-33-9-2-1-3-10-33/h1-5,7-10,12-17,23,29,35-37,43H,6,11,18-22,24-27,41-42H2,(H,44,47)/t35-,36+,37+/m1/s1. The quantitative estimate of drug-likeness (QED) is 0.158. The lowest BCUT2D eigenvalue weighted by atomic mass is 9.95. The van der Waals surface area contributed by atoms with Crippen LogP contribution in [-0.2, 0) is 27.3 Å². The highest BCUT2D eigenvalue weighted by molar-refractivity contribution is 5.98. The van der Waals surface area contributed by atoms with Gasteiger partial charge in [-0.1, -0.05) is 72.8 Å². The summed E-state index contributed by atoms with van der Waals surface area (Å²) in [7, 11) is 0. The Morgan fingerprint density at radius 3 is 2.28 bits per heavy atom. The molecule has 2 heterocycles. The highest BCUT2D eigenvalue weighted by atomic mass is 16.5. The molecule has 0 radical (unpaired) electrons. The number of nitrogens with two attached hydrogens (primary N) is 2. The molecule has 4 aromatic carbocycles. The zero-order chi connectivity index (χ0) is 34.9. The van der Waals surface area contributed by atoms with Gasteiger partial charge in [0.1, 0.15) is 23.6 Å². The van der Waals surface area contributed by atoms with E-state index < -0.39 is 18.1 Å². The van der Waals surface area contributed by atoms with Crippen LogP contribution >= 0.6 is 0 Å². The van der Waals surface area contributed by atoms with Crippen LogP contribution in [0.2, 0.25) is 0 Å². The van der Waals surface area contributed by atoms with Gasteiger partial charge >= 0.3 is 0 Å². The third-order valence-corrected chi connectivity index (χ3v) is 9.76. The molecule has 2 saturated heterocycles. The van der Waals surface area contributed by atoms with E-state index in [1.165, 1.54) is 0 Å². The number of rotatable bonds is 14. The molecule has 262 valence electrons. The molecule has 0 spiro atoms. The van der Waals surface area contributed by atoms with E-state index in [-0.39, 0.29) is 36.7 Å². The van der Waals surface area contributed by atoms with Crippen molar-refractivity contribution >= 4 is 28.5 Å². The van der Waals surface area contributed by atoms with Gasteiger partial charge in [-0.3, -0.25) is 14.4 Å². The van der Waals surface area contributed by atoms with Crippen molar-refractivity contribution < 1.29 is 19.1 Å². The van der Waals surface area contributed by atoms with Gasteiger partial charge in [0.15, 0.2) is 0 Å². The Morgan fingerprint density at radius 1 is 0.860 bits per heavy atom. The van der Waals surface area contributed by atoms with Crippen molar-refractivity contribution in [3.05, 3.63) is 108 Å². The molecule has 6 rings (SSSR count). The average molecular weight is 677 g/mol. The first-order valence-corrected chi connectivity index (χ1v) is 17.7. The number of ether oxygens (including phenoxy) is 1. The van der Waals surface area contributed by atoms with Gasteiger partial charge in [0.05, 0.1) is 12.6 Å². The third kappa shape index (κ3) is 8.87. The van der Waals surface area contributed by atoms with E-state index in [1.54, 1.807) is 9.80 Å². The minimum atomic E-state index is -0.886. The van der Waals surface area contributed by atoms with Gasteiger partial charge < -0.3 is 36.6 Å². The van der Waals surface area contributed by atoms with E-state index in [4.69, 9.17) is 16.2 Å². The molecule has 10 nitrogen and oxygen atoms in total. The van der Waals surface area contributed by atoms with Gasteiger partial charge in [0, 0.05) is 19.5 Å². The summed E-state index contributed by atoms with van der Waals surface area (Å²) in [6, 6.07) is 28.9. The van der Waals surface area contributed by atoms with Crippen molar-refractivity contribution in [3.8, 4) is 11.5 Å². The van der Waals surface area contributed by atoms with Crippen molar-refractivity contribution in [2.75, 3.05) is 32.7 Å². The van der Waals surface area contributed by atoms with E-state index in [9.17, 15) is 14.4 Å². The summed E-state index contributed by atoms with van der Waals surface area (Å²) in [6.07, 6.45) is 3.29. The van der Waals surface area contributed by atoms with Gasteiger partial charge in [0.25, 0.3) is 0 Å². The maximum Gasteiger partial charge on any atom is 0.246 e. The fraction of sp³-hybridized carbons (Fsp3) is 0.375. The number of hydrogen-bond acceptors (Lipinski definition) is 7. The third-order valence-electron chi connectivity index (χ3n) is 9.76. The van der Waals surface area contributed by atoms with Crippen LogP contribution in [0.4, 0.5) is 0 Å². The Morgan fingerprint density at radius 2 is 1.54 bits per heavy atom.